The molecule has 0 saturated heterocycles. The smallest absolute Gasteiger partial charge is 0.323 e. The van der Waals surface area contributed by atoms with Crippen molar-refractivity contribution in [2.24, 2.45) is 0 Å². The van der Waals surface area contributed by atoms with Gasteiger partial charge in [0, 0.05) is 6.04 Å². The standard InChI is InChI=1S/C9H15N3O2/c1-6(2)12(5-9(13)14)8-4-10-11-7(8)3/h4,6H,5H2,1-3H3,(H,10,11)(H,13,14). The van der Waals surface area contributed by atoms with Crippen molar-refractivity contribution in [3.05, 3.63) is 11.9 Å². The molecule has 0 aliphatic rings. The van der Waals surface area contributed by atoms with Gasteiger partial charge in [-0.15, -0.1) is 0 Å². The molecule has 0 unspecified atom stereocenters. The Bertz CT molecular complexity index is 320. The Hall–Kier alpha value is -1.52. The summed E-state index contributed by atoms with van der Waals surface area (Å²) in [5, 5.41) is 15.4. The zero-order valence-electron chi connectivity index (χ0n) is 8.61. The molecule has 5 heteroatoms. The van der Waals surface area contributed by atoms with Gasteiger partial charge in [-0.05, 0) is 20.8 Å². The maximum Gasteiger partial charge on any atom is 0.323 e. The molecule has 0 atom stereocenters. The van der Waals surface area contributed by atoms with E-state index in [-0.39, 0.29) is 12.6 Å². The molecule has 0 bridgehead atoms. The predicted molar refractivity (Wildman–Crippen MR) is 53.4 cm³/mol. The Balaban J connectivity index is 2.88. The van der Waals surface area contributed by atoms with Crippen LogP contribution in [-0.2, 0) is 4.79 Å². The van der Waals surface area contributed by atoms with Gasteiger partial charge in [0.2, 0.25) is 0 Å². The summed E-state index contributed by atoms with van der Waals surface area (Å²) in [7, 11) is 0. The minimum Gasteiger partial charge on any atom is -0.480 e. The van der Waals surface area contributed by atoms with Gasteiger partial charge in [0.1, 0.15) is 6.54 Å². The van der Waals surface area contributed by atoms with E-state index in [1.165, 1.54) is 0 Å². The summed E-state index contributed by atoms with van der Waals surface area (Å²) in [4.78, 5) is 12.4. The third-order valence-electron chi connectivity index (χ3n) is 2.04. The SMILES string of the molecule is Cc1[nH]ncc1N(CC(=O)O)C(C)C. The first-order valence-electron chi connectivity index (χ1n) is 4.50. The Kier molecular flexibility index (Phi) is 3.11. The molecule has 0 aliphatic heterocycles. The summed E-state index contributed by atoms with van der Waals surface area (Å²) in [6, 6.07) is 0.141. The van der Waals surface area contributed by atoms with E-state index >= 15 is 0 Å². The largest absolute Gasteiger partial charge is 0.480 e. The van der Waals surface area contributed by atoms with Crippen LogP contribution in [0.3, 0.4) is 0 Å². The van der Waals surface area contributed by atoms with E-state index in [0.717, 1.165) is 11.4 Å². The number of rotatable bonds is 4. The highest BCUT2D eigenvalue weighted by atomic mass is 16.4. The van der Waals surface area contributed by atoms with Crippen LogP contribution in [0.2, 0.25) is 0 Å². The van der Waals surface area contributed by atoms with Crippen LogP contribution in [0.15, 0.2) is 6.20 Å². The fourth-order valence-corrected chi connectivity index (χ4v) is 1.33. The number of anilines is 1. The second kappa shape index (κ2) is 4.13. The van der Waals surface area contributed by atoms with E-state index in [1.807, 2.05) is 20.8 Å². The molecule has 78 valence electrons. The summed E-state index contributed by atoms with van der Waals surface area (Å²) < 4.78 is 0. The molecule has 14 heavy (non-hydrogen) atoms. The van der Waals surface area contributed by atoms with Crippen molar-refractivity contribution < 1.29 is 9.90 Å². The van der Waals surface area contributed by atoms with Crippen molar-refractivity contribution in [2.45, 2.75) is 26.8 Å². The molecule has 0 spiro atoms. The Morgan fingerprint density at radius 2 is 2.36 bits per heavy atom. The summed E-state index contributed by atoms with van der Waals surface area (Å²) in [5.74, 6) is -0.834. The number of carboxylic acid groups (broad SMARTS) is 1. The average molecular weight is 197 g/mol. The first kappa shape index (κ1) is 10.6. The lowest BCUT2D eigenvalue weighted by Crippen LogP contribution is -2.35. The average Bonchev–Trinajstić information content (AvgIpc) is 2.46. The predicted octanol–water partition coefficient (Wildman–Crippen LogP) is 1.02. The van der Waals surface area contributed by atoms with Crippen molar-refractivity contribution >= 4 is 11.7 Å². The normalized spacial score (nSPS) is 10.6. The fraction of sp³-hybridized carbons (Fsp3) is 0.556. The van der Waals surface area contributed by atoms with Crippen molar-refractivity contribution in [1.29, 1.82) is 0 Å². The van der Waals surface area contributed by atoms with Crippen molar-refractivity contribution in [1.82, 2.24) is 10.2 Å². The number of hydrogen-bond donors (Lipinski definition) is 2. The Morgan fingerprint density at radius 3 is 2.71 bits per heavy atom. The second-order valence-electron chi connectivity index (χ2n) is 3.50. The van der Waals surface area contributed by atoms with Crippen molar-refractivity contribution in [2.75, 3.05) is 11.4 Å². The maximum atomic E-state index is 10.6. The fourth-order valence-electron chi connectivity index (χ4n) is 1.33. The number of aryl methyl sites for hydroxylation is 1. The molecule has 1 heterocycles. The van der Waals surface area contributed by atoms with Crippen LogP contribution in [0, 0.1) is 6.92 Å². The lowest BCUT2D eigenvalue weighted by Gasteiger charge is -2.26. The third-order valence-corrected chi connectivity index (χ3v) is 2.04. The number of H-pyrrole nitrogens is 1. The molecule has 0 saturated carbocycles. The third kappa shape index (κ3) is 2.25. The van der Waals surface area contributed by atoms with E-state index < -0.39 is 5.97 Å². The molecule has 1 aromatic rings. The van der Waals surface area contributed by atoms with Gasteiger partial charge in [-0.25, -0.2) is 0 Å². The van der Waals surface area contributed by atoms with Crippen molar-refractivity contribution in [3.63, 3.8) is 0 Å². The van der Waals surface area contributed by atoms with E-state index in [2.05, 4.69) is 10.2 Å². The van der Waals surface area contributed by atoms with E-state index in [4.69, 9.17) is 5.11 Å². The van der Waals surface area contributed by atoms with Crippen molar-refractivity contribution in [3.8, 4) is 0 Å². The van der Waals surface area contributed by atoms with Gasteiger partial charge < -0.3 is 10.0 Å². The lowest BCUT2D eigenvalue weighted by atomic mass is 10.2. The van der Waals surface area contributed by atoms with Gasteiger partial charge in [0.25, 0.3) is 0 Å². The monoisotopic (exact) mass is 197 g/mol. The summed E-state index contributed by atoms with van der Waals surface area (Å²) in [6.07, 6.45) is 1.65. The summed E-state index contributed by atoms with van der Waals surface area (Å²) in [5.41, 5.74) is 1.74. The molecule has 0 fully saturated rings. The molecule has 0 aromatic carbocycles. The van der Waals surface area contributed by atoms with Gasteiger partial charge in [-0.3, -0.25) is 9.89 Å². The minimum absolute atomic E-state index is 0.00194. The Labute approximate surface area is 82.7 Å². The van der Waals surface area contributed by atoms with Crippen LogP contribution in [-0.4, -0.2) is 33.9 Å². The Morgan fingerprint density at radius 1 is 1.71 bits per heavy atom. The highest BCUT2D eigenvalue weighted by Gasteiger charge is 2.16. The van der Waals surface area contributed by atoms with E-state index in [9.17, 15) is 4.79 Å². The second-order valence-corrected chi connectivity index (χ2v) is 3.50. The van der Waals surface area contributed by atoms with Gasteiger partial charge in [-0.1, -0.05) is 0 Å². The highest BCUT2D eigenvalue weighted by molar-refractivity contribution is 5.74. The van der Waals surface area contributed by atoms with Crippen LogP contribution in [0.4, 0.5) is 5.69 Å². The maximum absolute atomic E-state index is 10.6. The number of aromatic amines is 1. The zero-order valence-corrected chi connectivity index (χ0v) is 8.61. The number of aromatic nitrogens is 2. The first-order chi connectivity index (χ1) is 6.52. The number of nitrogens with one attached hydrogen (secondary N) is 1. The molecule has 0 amide bonds. The van der Waals surface area contributed by atoms with Crippen LogP contribution < -0.4 is 4.90 Å². The van der Waals surface area contributed by atoms with Crippen LogP contribution in [0.5, 0.6) is 0 Å². The van der Waals surface area contributed by atoms with Gasteiger partial charge in [0.05, 0.1) is 17.6 Å². The van der Waals surface area contributed by atoms with Gasteiger partial charge >= 0.3 is 5.97 Å². The van der Waals surface area contributed by atoms with Crippen LogP contribution in [0.25, 0.3) is 0 Å². The number of carboxylic acids is 1. The van der Waals surface area contributed by atoms with Gasteiger partial charge in [0.15, 0.2) is 0 Å². The number of carbonyl (C=O) groups is 1. The molecule has 2 N–H and O–H groups in total. The van der Waals surface area contributed by atoms with E-state index in [0.29, 0.717) is 0 Å². The molecule has 0 aliphatic carbocycles. The molecule has 0 radical (unpaired) electrons. The molecular formula is C9H15N3O2. The van der Waals surface area contributed by atoms with E-state index in [1.54, 1.807) is 11.1 Å². The molecule has 1 aromatic heterocycles. The number of aliphatic carboxylic acids is 1. The van der Waals surface area contributed by atoms with Gasteiger partial charge in [-0.2, -0.15) is 5.10 Å². The van der Waals surface area contributed by atoms with Crippen LogP contribution >= 0.6 is 0 Å². The first-order valence-corrected chi connectivity index (χ1v) is 4.50. The molecular weight excluding hydrogens is 182 g/mol. The number of nitrogens with zero attached hydrogens (tertiary/aromatic N) is 2. The summed E-state index contributed by atoms with van der Waals surface area (Å²) in [6.45, 7) is 5.78. The minimum atomic E-state index is -0.834. The quantitative estimate of drug-likeness (QED) is 0.756. The molecule has 1 rings (SSSR count). The highest BCUT2D eigenvalue weighted by Crippen LogP contribution is 2.18. The summed E-state index contributed by atoms with van der Waals surface area (Å²) >= 11 is 0. The van der Waals surface area contributed by atoms with Crippen LogP contribution in [0.1, 0.15) is 19.5 Å². The molecule has 5 nitrogen and oxygen atoms in total. The topological polar surface area (TPSA) is 69.2 Å². The number of hydrogen-bond acceptors (Lipinski definition) is 3. The zero-order chi connectivity index (χ0) is 10.7. The lowest BCUT2D eigenvalue weighted by molar-refractivity contribution is -0.135.